The Morgan fingerprint density at radius 3 is 2.76 bits per heavy atom. The van der Waals surface area contributed by atoms with E-state index in [2.05, 4.69) is 26.2 Å². The molecule has 0 atom stereocenters. The van der Waals surface area contributed by atoms with Crippen molar-refractivity contribution in [2.45, 2.75) is 6.54 Å². The van der Waals surface area contributed by atoms with Crippen molar-refractivity contribution in [2.75, 3.05) is 5.32 Å². The highest BCUT2D eigenvalue weighted by atomic mass is 79.9. The Labute approximate surface area is 106 Å². The fourth-order valence-corrected chi connectivity index (χ4v) is 1.78. The van der Waals surface area contributed by atoms with Gasteiger partial charge in [0.2, 0.25) is 5.95 Å². The molecule has 1 aromatic carbocycles. The number of aromatic nitrogens is 1. The molecule has 0 bridgehead atoms. The van der Waals surface area contributed by atoms with E-state index >= 15 is 0 Å². The third-order valence-corrected chi connectivity index (χ3v) is 2.68. The predicted molar refractivity (Wildman–Crippen MR) is 65.6 cm³/mol. The summed E-state index contributed by atoms with van der Waals surface area (Å²) >= 11 is 3.26. The second-order valence-corrected chi connectivity index (χ2v) is 4.35. The summed E-state index contributed by atoms with van der Waals surface area (Å²) in [5.41, 5.74) is 0.491. The van der Waals surface area contributed by atoms with Crippen molar-refractivity contribution in [2.24, 2.45) is 0 Å². The fourth-order valence-electron chi connectivity index (χ4n) is 1.37. The molecule has 0 spiro atoms. The number of nitrogens with one attached hydrogen (secondary N) is 1. The Hall–Kier alpha value is -1.49. The average molecular weight is 299 g/mol. The first-order valence-corrected chi connectivity index (χ1v) is 5.75. The highest BCUT2D eigenvalue weighted by molar-refractivity contribution is 9.10. The van der Waals surface area contributed by atoms with Gasteiger partial charge in [0.05, 0.1) is 0 Å². The molecular formula is C12H9BrF2N2. The smallest absolute Gasteiger partial charge is 0.214 e. The summed E-state index contributed by atoms with van der Waals surface area (Å²) in [7, 11) is 0. The monoisotopic (exact) mass is 298 g/mol. The number of hydrogen-bond acceptors (Lipinski definition) is 2. The topological polar surface area (TPSA) is 24.9 Å². The first-order chi connectivity index (χ1) is 8.15. The van der Waals surface area contributed by atoms with Gasteiger partial charge in [0.25, 0.3) is 0 Å². The zero-order valence-electron chi connectivity index (χ0n) is 8.75. The first kappa shape index (κ1) is 12.0. The molecule has 2 aromatic rings. The van der Waals surface area contributed by atoms with Crippen molar-refractivity contribution in [1.82, 2.24) is 4.98 Å². The van der Waals surface area contributed by atoms with Crippen LogP contribution in [0.25, 0.3) is 0 Å². The number of hydrogen-bond donors (Lipinski definition) is 1. The number of anilines is 1. The standard InChI is InChI=1S/C12H9BrF2N2/c13-9-4-5-10(14)8(6-9)7-16-12-3-1-2-11(15)17-12/h1-6H,7H2,(H,16,17). The molecule has 5 heteroatoms. The Morgan fingerprint density at radius 1 is 1.18 bits per heavy atom. The Morgan fingerprint density at radius 2 is 2.00 bits per heavy atom. The lowest BCUT2D eigenvalue weighted by molar-refractivity contribution is 0.584. The minimum absolute atomic E-state index is 0.252. The predicted octanol–water partition coefficient (Wildman–Crippen LogP) is 3.73. The van der Waals surface area contributed by atoms with Gasteiger partial charge in [-0.2, -0.15) is 4.39 Å². The van der Waals surface area contributed by atoms with Crippen molar-refractivity contribution in [3.8, 4) is 0 Å². The Kier molecular flexibility index (Phi) is 3.68. The molecular weight excluding hydrogens is 290 g/mol. The maximum Gasteiger partial charge on any atom is 0.214 e. The van der Waals surface area contributed by atoms with Gasteiger partial charge in [-0.15, -0.1) is 0 Å². The van der Waals surface area contributed by atoms with Crippen LogP contribution in [0.2, 0.25) is 0 Å². The van der Waals surface area contributed by atoms with Crippen molar-refractivity contribution >= 4 is 21.7 Å². The zero-order chi connectivity index (χ0) is 12.3. The normalized spacial score (nSPS) is 10.3. The fraction of sp³-hybridized carbons (Fsp3) is 0.0833. The van der Waals surface area contributed by atoms with Crippen LogP contribution >= 0.6 is 15.9 Å². The van der Waals surface area contributed by atoms with Crippen LogP contribution in [0.4, 0.5) is 14.6 Å². The summed E-state index contributed by atoms with van der Waals surface area (Å²) < 4.78 is 27.0. The Bertz CT molecular complexity index is 532. The van der Waals surface area contributed by atoms with E-state index in [1.807, 2.05) is 0 Å². The minimum Gasteiger partial charge on any atom is -0.366 e. The van der Waals surface area contributed by atoms with Gasteiger partial charge < -0.3 is 5.32 Å². The van der Waals surface area contributed by atoms with E-state index in [9.17, 15) is 8.78 Å². The summed E-state index contributed by atoms with van der Waals surface area (Å²) in [5, 5.41) is 2.86. The van der Waals surface area contributed by atoms with Crippen molar-refractivity contribution in [3.05, 3.63) is 58.2 Å². The van der Waals surface area contributed by atoms with Crippen LogP contribution in [-0.4, -0.2) is 4.98 Å². The molecule has 2 rings (SSSR count). The van der Waals surface area contributed by atoms with Crippen LogP contribution < -0.4 is 5.32 Å². The van der Waals surface area contributed by atoms with Gasteiger partial charge in [0.1, 0.15) is 11.6 Å². The number of benzene rings is 1. The van der Waals surface area contributed by atoms with Crippen LogP contribution in [0.15, 0.2) is 40.9 Å². The molecule has 17 heavy (non-hydrogen) atoms. The lowest BCUT2D eigenvalue weighted by Crippen LogP contribution is -2.03. The lowest BCUT2D eigenvalue weighted by Gasteiger charge is -2.07. The molecule has 0 unspecified atom stereocenters. The molecule has 88 valence electrons. The van der Waals surface area contributed by atoms with Gasteiger partial charge >= 0.3 is 0 Å². The van der Waals surface area contributed by atoms with Crippen LogP contribution in [-0.2, 0) is 6.54 Å². The van der Waals surface area contributed by atoms with Crippen molar-refractivity contribution in [3.63, 3.8) is 0 Å². The first-order valence-electron chi connectivity index (χ1n) is 4.95. The van der Waals surface area contributed by atoms with E-state index in [-0.39, 0.29) is 12.4 Å². The van der Waals surface area contributed by atoms with Crippen LogP contribution in [0, 0.1) is 11.8 Å². The summed E-state index contributed by atoms with van der Waals surface area (Å²) in [4.78, 5) is 3.63. The highest BCUT2D eigenvalue weighted by Crippen LogP contribution is 2.16. The number of nitrogens with zero attached hydrogens (tertiary/aromatic N) is 1. The largest absolute Gasteiger partial charge is 0.366 e. The van der Waals surface area contributed by atoms with E-state index < -0.39 is 5.95 Å². The molecule has 0 aliphatic heterocycles. The molecule has 1 aromatic heterocycles. The second kappa shape index (κ2) is 5.23. The van der Waals surface area contributed by atoms with E-state index in [0.717, 1.165) is 4.47 Å². The van der Waals surface area contributed by atoms with Crippen LogP contribution in [0.1, 0.15) is 5.56 Å². The van der Waals surface area contributed by atoms with Gasteiger partial charge in [0, 0.05) is 16.6 Å². The minimum atomic E-state index is -0.565. The van der Waals surface area contributed by atoms with E-state index in [1.165, 1.54) is 12.1 Å². The van der Waals surface area contributed by atoms with Crippen LogP contribution in [0.3, 0.4) is 0 Å². The molecule has 0 saturated carbocycles. The number of pyridine rings is 1. The summed E-state index contributed by atoms with van der Waals surface area (Å²) in [6.07, 6.45) is 0. The molecule has 0 radical (unpaired) electrons. The molecule has 2 nitrogen and oxygen atoms in total. The summed E-state index contributed by atoms with van der Waals surface area (Å²) in [6.45, 7) is 0.252. The highest BCUT2D eigenvalue weighted by Gasteiger charge is 2.03. The maximum atomic E-state index is 13.4. The third kappa shape index (κ3) is 3.23. The average Bonchev–Trinajstić information content (AvgIpc) is 2.30. The van der Waals surface area contributed by atoms with E-state index in [0.29, 0.717) is 11.4 Å². The molecule has 0 amide bonds. The quantitative estimate of drug-likeness (QED) is 0.873. The maximum absolute atomic E-state index is 13.4. The van der Waals surface area contributed by atoms with E-state index in [1.54, 1.807) is 24.3 Å². The van der Waals surface area contributed by atoms with Gasteiger partial charge in [-0.25, -0.2) is 9.37 Å². The summed E-state index contributed by atoms with van der Waals surface area (Å²) in [6, 6.07) is 9.09. The zero-order valence-corrected chi connectivity index (χ0v) is 10.3. The molecule has 0 saturated heterocycles. The third-order valence-electron chi connectivity index (χ3n) is 2.18. The van der Waals surface area contributed by atoms with Crippen LogP contribution in [0.5, 0.6) is 0 Å². The lowest BCUT2D eigenvalue weighted by atomic mass is 10.2. The van der Waals surface area contributed by atoms with Gasteiger partial charge in [-0.05, 0) is 30.3 Å². The number of halogens is 3. The SMILES string of the molecule is Fc1cccc(NCc2cc(Br)ccc2F)n1. The molecule has 0 aliphatic rings. The molecule has 0 aliphatic carbocycles. The second-order valence-electron chi connectivity index (χ2n) is 3.43. The summed E-state index contributed by atoms with van der Waals surface area (Å²) in [5.74, 6) is -0.494. The van der Waals surface area contributed by atoms with Crippen molar-refractivity contribution in [1.29, 1.82) is 0 Å². The van der Waals surface area contributed by atoms with Crippen molar-refractivity contribution < 1.29 is 8.78 Å². The molecule has 0 fully saturated rings. The molecule has 1 heterocycles. The molecule has 1 N–H and O–H groups in total. The van der Waals surface area contributed by atoms with E-state index in [4.69, 9.17) is 0 Å². The number of rotatable bonds is 3. The Balaban J connectivity index is 2.09. The van der Waals surface area contributed by atoms with Gasteiger partial charge in [-0.3, -0.25) is 0 Å². The van der Waals surface area contributed by atoms with Gasteiger partial charge in [-0.1, -0.05) is 22.0 Å². The van der Waals surface area contributed by atoms with Gasteiger partial charge in [0.15, 0.2) is 0 Å².